The van der Waals surface area contributed by atoms with Crippen molar-refractivity contribution in [2.75, 3.05) is 7.11 Å². The normalized spacial score (nSPS) is 25.8. The molecular formula is C22H32O6S. The van der Waals surface area contributed by atoms with Gasteiger partial charge in [0.25, 0.3) is 0 Å². The summed E-state index contributed by atoms with van der Waals surface area (Å²) < 4.78 is 5.17. The van der Waals surface area contributed by atoms with Crippen molar-refractivity contribution in [2.24, 2.45) is 11.8 Å². The third kappa shape index (κ3) is 7.93. The van der Waals surface area contributed by atoms with Crippen LogP contribution in [0.2, 0.25) is 0 Å². The van der Waals surface area contributed by atoms with E-state index in [0.29, 0.717) is 32.1 Å². The number of thiophene rings is 1. The topological polar surface area (TPSA) is 107 Å². The zero-order valence-corrected chi connectivity index (χ0v) is 17.6. The van der Waals surface area contributed by atoms with Gasteiger partial charge in [0.2, 0.25) is 0 Å². The molecule has 1 aromatic heterocycles. The predicted molar refractivity (Wildman–Crippen MR) is 113 cm³/mol. The van der Waals surface area contributed by atoms with Crippen LogP contribution >= 0.6 is 11.3 Å². The first-order valence-corrected chi connectivity index (χ1v) is 10.9. The van der Waals surface area contributed by atoms with Crippen molar-refractivity contribution in [3.05, 3.63) is 41.3 Å². The maximum absolute atomic E-state index is 10.5. The SMILES string of the molecule is COc1ccc(CCC(O)/C=C/[C@H]2C(O)CC(O)[C@@H]2C/C=C\CCCC(=O)O)s1. The van der Waals surface area contributed by atoms with E-state index in [1.807, 2.05) is 30.4 Å². The quantitative estimate of drug-likeness (QED) is 0.303. The summed E-state index contributed by atoms with van der Waals surface area (Å²) in [5.74, 6) is -1.11. The van der Waals surface area contributed by atoms with Crippen molar-refractivity contribution in [3.8, 4) is 5.06 Å². The number of carboxylic acids is 1. The van der Waals surface area contributed by atoms with Crippen LogP contribution in [0.4, 0.5) is 0 Å². The molecule has 0 aliphatic heterocycles. The molecule has 1 heterocycles. The first kappa shape index (κ1) is 23.6. The molecule has 0 spiro atoms. The minimum atomic E-state index is -0.797. The number of hydrogen-bond donors (Lipinski definition) is 4. The van der Waals surface area contributed by atoms with E-state index in [4.69, 9.17) is 9.84 Å². The Hall–Kier alpha value is -1.67. The van der Waals surface area contributed by atoms with Gasteiger partial charge in [-0.3, -0.25) is 4.79 Å². The van der Waals surface area contributed by atoms with E-state index in [9.17, 15) is 20.1 Å². The summed E-state index contributed by atoms with van der Waals surface area (Å²) in [7, 11) is 1.64. The van der Waals surface area contributed by atoms with Crippen molar-refractivity contribution < 1.29 is 30.0 Å². The Kier molecular flexibility index (Phi) is 9.87. The minimum absolute atomic E-state index is 0.106. The first-order valence-electron chi connectivity index (χ1n) is 10.1. The molecular weight excluding hydrogens is 392 g/mol. The van der Waals surface area contributed by atoms with Gasteiger partial charge in [0.15, 0.2) is 5.06 Å². The highest BCUT2D eigenvalue weighted by Crippen LogP contribution is 2.36. The molecule has 1 aromatic rings. The second-order valence-electron chi connectivity index (χ2n) is 7.52. The number of rotatable bonds is 12. The Morgan fingerprint density at radius 2 is 2.10 bits per heavy atom. The maximum Gasteiger partial charge on any atom is 0.303 e. The molecule has 4 N–H and O–H groups in total. The fourth-order valence-electron chi connectivity index (χ4n) is 3.69. The molecule has 29 heavy (non-hydrogen) atoms. The molecule has 5 atom stereocenters. The van der Waals surface area contributed by atoms with Crippen LogP contribution in [0.1, 0.15) is 43.4 Å². The lowest BCUT2D eigenvalue weighted by molar-refractivity contribution is -0.137. The number of allylic oxidation sites excluding steroid dienone is 2. The molecule has 1 saturated carbocycles. The fourth-order valence-corrected chi connectivity index (χ4v) is 4.53. The number of hydrogen-bond acceptors (Lipinski definition) is 6. The molecule has 0 aromatic carbocycles. The lowest BCUT2D eigenvalue weighted by Crippen LogP contribution is -2.20. The van der Waals surface area contributed by atoms with Crippen LogP contribution in [0.3, 0.4) is 0 Å². The summed E-state index contributed by atoms with van der Waals surface area (Å²) in [6.45, 7) is 0. The molecule has 0 radical (unpaired) electrons. The Morgan fingerprint density at radius 1 is 1.31 bits per heavy atom. The van der Waals surface area contributed by atoms with E-state index < -0.39 is 24.3 Å². The third-order valence-corrected chi connectivity index (χ3v) is 6.44. The van der Waals surface area contributed by atoms with Gasteiger partial charge >= 0.3 is 5.97 Å². The monoisotopic (exact) mass is 424 g/mol. The van der Waals surface area contributed by atoms with E-state index in [1.165, 1.54) is 0 Å². The average Bonchev–Trinajstić information content (AvgIpc) is 3.25. The number of methoxy groups -OCH3 is 1. The highest BCUT2D eigenvalue weighted by molar-refractivity contribution is 7.13. The van der Waals surface area contributed by atoms with Gasteiger partial charge in [0.05, 0.1) is 25.4 Å². The van der Waals surface area contributed by atoms with Crippen molar-refractivity contribution in [1.29, 1.82) is 0 Å². The molecule has 6 nitrogen and oxygen atoms in total. The van der Waals surface area contributed by atoms with E-state index in [-0.39, 0.29) is 18.3 Å². The largest absolute Gasteiger partial charge is 0.487 e. The third-order valence-electron chi connectivity index (χ3n) is 5.33. The molecule has 0 saturated heterocycles. The number of aliphatic hydroxyl groups is 3. The van der Waals surface area contributed by atoms with Crippen molar-refractivity contribution in [1.82, 2.24) is 0 Å². The summed E-state index contributed by atoms with van der Waals surface area (Å²) in [6, 6.07) is 3.91. The zero-order valence-electron chi connectivity index (χ0n) is 16.8. The summed E-state index contributed by atoms with van der Waals surface area (Å²) in [5.41, 5.74) is 0. The van der Waals surface area contributed by atoms with Crippen LogP contribution in [0.25, 0.3) is 0 Å². The Labute approximate surface area is 176 Å². The van der Waals surface area contributed by atoms with Crippen LogP contribution in [-0.2, 0) is 11.2 Å². The van der Waals surface area contributed by atoms with Crippen molar-refractivity contribution >= 4 is 17.3 Å². The summed E-state index contributed by atoms with van der Waals surface area (Å²) >= 11 is 1.56. The van der Waals surface area contributed by atoms with Gasteiger partial charge in [-0.15, -0.1) is 11.3 Å². The summed E-state index contributed by atoms with van der Waals surface area (Å²) in [6.07, 6.45) is 9.33. The fraction of sp³-hybridized carbons (Fsp3) is 0.591. The molecule has 0 amide bonds. The van der Waals surface area contributed by atoms with Gasteiger partial charge in [-0.05, 0) is 50.2 Å². The molecule has 1 fully saturated rings. The summed E-state index contributed by atoms with van der Waals surface area (Å²) in [4.78, 5) is 11.7. The maximum atomic E-state index is 10.5. The molecule has 0 bridgehead atoms. The van der Waals surface area contributed by atoms with Gasteiger partial charge in [0, 0.05) is 23.6 Å². The highest BCUT2D eigenvalue weighted by Gasteiger charge is 2.39. The molecule has 1 aliphatic carbocycles. The molecule has 7 heteroatoms. The van der Waals surface area contributed by atoms with Crippen molar-refractivity contribution in [3.63, 3.8) is 0 Å². The van der Waals surface area contributed by atoms with Crippen LogP contribution in [0.15, 0.2) is 36.4 Å². The second-order valence-corrected chi connectivity index (χ2v) is 8.65. The number of aryl methyl sites for hydroxylation is 1. The lowest BCUT2D eigenvalue weighted by atomic mass is 9.89. The van der Waals surface area contributed by atoms with Gasteiger partial charge in [-0.25, -0.2) is 0 Å². The minimum Gasteiger partial charge on any atom is -0.487 e. The molecule has 1 aliphatic rings. The number of aliphatic hydroxyl groups excluding tert-OH is 3. The smallest absolute Gasteiger partial charge is 0.303 e. The number of ether oxygens (including phenoxy) is 1. The van der Waals surface area contributed by atoms with Gasteiger partial charge < -0.3 is 25.2 Å². The number of aliphatic carboxylic acids is 1. The van der Waals surface area contributed by atoms with Crippen molar-refractivity contribution in [2.45, 2.75) is 63.3 Å². The molecule has 2 rings (SSSR count). The Balaban J connectivity index is 1.81. The van der Waals surface area contributed by atoms with Gasteiger partial charge in [0.1, 0.15) is 0 Å². The van der Waals surface area contributed by atoms with E-state index in [2.05, 4.69) is 0 Å². The van der Waals surface area contributed by atoms with Crippen LogP contribution in [0.5, 0.6) is 5.06 Å². The standard InChI is InChI=1S/C22H32O6S/c1-28-22-13-11-16(29-22)10-8-15(23)9-12-18-17(19(24)14-20(18)25)6-4-2-3-5-7-21(26)27/h2,4,9,11-13,15,17-20,23-25H,3,5-8,10,14H2,1H3,(H,26,27)/b4-2-,12-9+/t15?,17-,18-,19?,20?/m1/s1. The van der Waals surface area contributed by atoms with Crippen LogP contribution in [-0.4, -0.2) is 51.8 Å². The van der Waals surface area contributed by atoms with Crippen LogP contribution in [0, 0.1) is 11.8 Å². The average molecular weight is 425 g/mol. The Morgan fingerprint density at radius 3 is 2.79 bits per heavy atom. The van der Waals surface area contributed by atoms with Crippen LogP contribution < -0.4 is 4.74 Å². The Bertz CT molecular complexity index is 683. The first-order chi connectivity index (χ1) is 13.9. The van der Waals surface area contributed by atoms with E-state index in [1.54, 1.807) is 24.5 Å². The lowest BCUT2D eigenvalue weighted by Gasteiger charge is -2.19. The van der Waals surface area contributed by atoms with Gasteiger partial charge in [-0.2, -0.15) is 0 Å². The number of carboxylic acid groups (broad SMARTS) is 1. The van der Waals surface area contributed by atoms with Gasteiger partial charge in [-0.1, -0.05) is 24.3 Å². The second kappa shape index (κ2) is 12.1. The number of unbranched alkanes of at least 4 members (excludes halogenated alkanes) is 1. The summed E-state index contributed by atoms with van der Waals surface area (Å²) in [5, 5.41) is 40.3. The zero-order chi connectivity index (χ0) is 21.2. The predicted octanol–water partition coefficient (Wildman–Crippen LogP) is 3.17. The number of carbonyl (C=O) groups is 1. The van der Waals surface area contributed by atoms with E-state index >= 15 is 0 Å². The molecule has 162 valence electrons. The van der Waals surface area contributed by atoms with E-state index in [0.717, 1.165) is 16.4 Å². The molecule has 3 unspecified atom stereocenters. The highest BCUT2D eigenvalue weighted by atomic mass is 32.1.